The molecule has 0 fully saturated rings. The number of halogens is 4. The van der Waals surface area contributed by atoms with Gasteiger partial charge >= 0.3 is 6.18 Å². The van der Waals surface area contributed by atoms with Gasteiger partial charge in [-0.1, -0.05) is 15.9 Å². The standard InChI is InChI=1S/C10H9BrF3N3/c1-9(15,10(12,13)14)8-16-6-3-2-5(11)4-7(6)17-8/h2-4H,15H2,1H3,(H,16,17). The molecule has 2 rings (SSSR count). The zero-order valence-electron chi connectivity index (χ0n) is 8.77. The van der Waals surface area contributed by atoms with E-state index in [1.54, 1.807) is 18.2 Å². The zero-order valence-corrected chi connectivity index (χ0v) is 10.4. The first kappa shape index (κ1) is 12.4. The molecule has 92 valence electrons. The molecule has 1 heterocycles. The first-order chi connectivity index (χ1) is 7.72. The van der Waals surface area contributed by atoms with E-state index in [-0.39, 0.29) is 5.82 Å². The molecule has 1 aromatic carbocycles. The molecule has 0 saturated carbocycles. The lowest BCUT2D eigenvalue weighted by molar-refractivity contribution is -0.186. The minimum Gasteiger partial charge on any atom is -0.340 e. The molecule has 0 radical (unpaired) electrons. The van der Waals surface area contributed by atoms with Crippen molar-refractivity contribution in [3.63, 3.8) is 0 Å². The van der Waals surface area contributed by atoms with Gasteiger partial charge in [-0.15, -0.1) is 0 Å². The maximum Gasteiger partial charge on any atom is 0.413 e. The van der Waals surface area contributed by atoms with E-state index >= 15 is 0 Å². The number of nitrogens with two attached hydrogens (primary N) is 1. The Morgan fingerprint density at radius 2 is 2.00 bits per heavy atom. The molecule has 1 unspecified atom stereocenters. The van der Waals surface area contributed by atoms with E-state index in [2.05, 4.69) is 25.9 Å². The second-order valence-corrected chi connectivity index (χ2v) is 4.86. The maximum atomic E-state index is 12.7. The smallest absolute Gasteiger partial charge is 0.340 e. The minimum absolute atomic E-state index is 0.293. The van der Waals surface area contributed by atoms with Crippen LogP contribution >= 0.6 is 15.9 Å². The fourth-order valence-electron chi connectivity index (χ4n) is 1.36. The number of alkyl halides is 3. The molecular formula is C10H9BrF3N3. The molecule has 17 heavy (non-hydrogen) atoms. The van der Waals surface area contributed by atoms with Crippen molar-refractivity contribution in [2.75, 3.05) is 0 Å². The lowest BCUT2D eigenvalue weighted by atomic mass is 10.0. The van der Waals surface area contributed by atoms with E-state index < -0.39 is 11.7 Å². The van der Waals surface area contributed by atoms with E-state index in [1.807, 2.05) is 0 Å². The number of imidazole rings is 1. The highest BCUT2D eigenvalue weighted by atomic mass is 79.9. The van der Waals surface area contributed by atoms with Gasteiger partial charge < -0.3 is 10.7 Å². The largest absolute Gasteiger partial charge is 0.413 e. The summed E-state index contributed by atoms with van der Waals surface area (Å²) in [5.74, 6) is -0.293. The molecular weight excluding hydrogens is 299 g/mol. The van der Waals surface area contributed by atoms with Crippen molar-refractivity contribution in [2.24, 2.45) is 5.73 Å². The van der Waals surface area contributed by atoms with Crippen molar-refractivity contribution >= 4 is 27.0 Å². The third-order valence-corrected chi connectivity index (χ3v) is 3.02. The zero-order chi connectivity index (χ0) is 12.8. The van der Waals surface area contributed by atoms with Crippen LogP contribution in [0.2, 0.25) is 0 Å². The second kappa shape index (κ2) is 3.71. The number of nitrogens with zero attached hydrogens (tertiary/aromatic N) is 1. The van der Waals surface area contributed by atoms with Crippen LogP contribution in [-0.4, -0.2) is 16.1 Å². The monoisotopic (exact) mass is 307 g/mol. The van der Waals surface area contributed by atoms with E-state index in [9.17, 15) is 13.2 Å². The summed E-state index contributed by atoms with van der Waals surface area (Å²) in [5, 5.41) is 0. The van der Waals surface area contributed by atoms with Crippen molar-refractivity contribution < 1.29 is 13.2 Å². The molecule has 2 aromatic rings. The van der Waals surface area contributed by atoms with E-state index in [0.29, 0.717) is 11.0 Å². The van der Waals surface area contributed by atoms with Crippen molar-refractivity contribution in [2.45, 2.75) is 18.6 Å². The van der Waals surface area contributed by atoms with E-state index in [4.69, 9.17) is 5.73 Å². The second-order valence-electron chi connectivity index (χ2n) is 3.95. The number of aromatic nitrogens is 2. The molecule has 0 aliphatic carbocycles. The van der Waals surface area contributed by atoms with Gasteiger partial charge in [-0.3, -0.25) is 0 Å². The van der Waals surface area contributed by atoms with Crippen molar-refractivity contribution in [3.05, 3.63) is 28.5 Å². The number of H-pyrrole nitrogens is 1. The van der Waals surface area contributed by atoms with Crippen LogP contribution in [0, 0.1) is 0 Å². The summed E-state index contributed by atoms with van der Waals surface area (Å²) in [6.07, 6.45) is -4.56. The average Bonchev–Trinajstić information content (AvgIpc) is 2.58. The van der Waals surface area contributed by atoms with Crippen molar-refractivity contribution in [1.29, 1.82) is 0 Å². The highest BCUT2D eigenvalue weighted by molar-refractivity contribution is 9.10. The Morgan fingerprint density at radius 1 is 1.35 bits per heavy atom. The molecule has 0 amide bonds. The highest BCUT2D eigenvalue weighted by Crippen LogP contribution is 2.35. The van der Waals surface area contributed by atoms with Crippen LogP contribution < -0.4 is 5.73 Å². The number of hydrogen-bond donors (Lipinski definition) is 2. The van der Waals surface area contributed by atoms with Gasteiger partial charge in [0.05, 0.1) is 11.0 Å². The number of hydrogen-bond acceptors (Lipinski definition) is 2. The first-order valence-corrected chi connectivity index (χ1v) is 5.52. The fraction of sp³-hybridized carbons (Fsp3) is 0.300. The topological polar surface area (TPSA) is 54.7 Å². The summed E-state index contributed by atoms with van der Waals surface area (Å²) in [6, 6.07) is 4.97. The van der Waals surface area contributed by atoms with Gasteiger partial charge in [0.25, 0.3) is 0 Å². The first-order valence-electron chi connectivity index (χ1n) is 4.73. The Bertz CT molecular complexity index is 559. The molecule has 3 N–H and O–H groups in total. The quantitative estimate of drug-likeness (QED) is 0.850. The van der Waals surface area contributed by atoms with Crippen LogP contribution in [0.1, 0.15) is 12.7 Å². The number of fused-ring (bicyclic) bond motifs is 1. The molecule has 0 saturated heterocycles. The fourth-order valence-corrected chi connectivity index (χ4v) is 1.72. The molecule has 1 aromatic heterocycles. The number of aromatic amines is 1. The van der Waals surface area contributed by atoms with E-state index in [0.717, 1.165) is 11.4 Å². The Hall–Kier alpha value is -1.08. The molecule has 1 atom stereocenters. The molecule has 0 aliphatic rings. The van der Waals surface area contributed by atoms with Crippen LogP contribution in [0.15, 0.2) is 22.7 Å². The van der Waals surface area contributed by atoms with Crippen LogP contribution in [0.4, 0.5) is 13.2 Å². The third kappa shape index (κ3) is 2.04. The van der Waals surface area contributed by atoms with Crippen molar-refractivity contribution in [1.82, 2.24) is 9.97 Å². The summed E-state index contributed by atoms with van der Waals surface area (Å²) in [6.45, 7) is 0.889. The Morgan fingerprint density at radius 3 is 2.59 bits per heavy atom. The van der Waals surface area contributed by atoms with Crippen molar-refractivity contribution in [3.8, 4) is 0 Å². The molecule has 0 aliphatic heterocycles. The highest BCUT2D eigenvalue weighted by Gasteiger charge is 2.51. The van der Waals surface area contributed by atoms with Gasteiger partial charge in [0.15, 0.2) is 5.54 Å². The SMILES string of the molecule is CC(N)(c1nc2ccc(Br)cc2[nH]1)C(F)(F)F. The summed E-state index contributed by atoms with van der Waals surface area (Å²) in [5.41, 5.74) is 3.76. The predicted molar refractivity (Wildman–Crippen MR) is 61.4 cm³/mol. The number of benzene rings is 1. The van der Waals surface area contributed by atoms with E-state index in [1.165, 1.54) is 0 Å². The normalized spacial score (nSPS) is 16.1. The van der Waals surface area contributed by atoms with Gasteiger partial charge in [0, 0.05) is 4.47 Å². The summed E-state index contributed by atoms with van der Waals surface area (Å²) < 4.78 is 39.0. The lowest BCUT2D eigenvalue weighted by Crippen LogP contribution is -2.48. The molecule has 0 bridgehead atoms. The summed E-state index contributed by atoms with van der Waals surface area (Å²) in [4.78, 5) is 6.47. The van der Waals surface area contributed by atoms with Gasteiger partial charge in [0.1, 0.15) is 5.82 Å². The predicted octanol–water partition coefficient (Wildman–Crippen LogP) is 3.06. The van der Waals surface area contributed by atoms with Crippen LogP contribution in [0.25, 0.3) is 11.0 Å². The maximum absolute atomic E-state index is 12.7. The van der Waals surface area contributed by atoms with Crippen LogP contribution in [0.5, 0.6) is 0 Å². The van der Waals surface area contributed by atoms with Crippen LogP contribution in [-0.2, 0) is 5.54 Å². The average molecular weight is 308 g/mol. The number of nitrogens with one attached hydrogen (secondary N) is 1. The van der Waals surface area contributed by atoms with Gasteiger partial charge in [-0.05, 0) is 25.1 Å². The van der Waals surface area contributed by atoms with Gasteiger partial charge in [-0.25, -0.2) is 4.98 Å². The van der Waals surface area contributed by atoms with Gasteiger partial charge in [0.2, 0.25) is 0 Å². The molecule has 3 nitrogen and oxygen atoms in total. The Labute approximate surface area is 103 Å². The summed E-state index contributed by atoms with van der Waals surface area (Å²) >= 11 is 3.23. The molecule has 7 heteroatoms. The van der Waals surface area contributed by atoms with Gasteiger partial charge in [-0.2, -0.15) is 13.2 Å². The summed E-state index contributed by atoms with van der Waals surface area (Å²) in [7, 11) is 0. The molecule has 0 spiro atoms. The Kier molecular flexibility index (Phi) is 2.70. The van der Waals surface area contributed by atoms with Crippen LogP contribution in [0.3, 0.4) is 0 Å². The Balaban J connectivity index is 2.57. The number of rotatable bonds is 1. The lowest BCUT2D eigenvalue weighted by Gasteiger charge is -2.24. The minimum atomic E-state index is -4.56. The third-order valence-electron chi connectivity index (χ3n) is 2.52.